The molecule has 0 aromatic heterocycles. The number of carbonyl (C=O) groups excluding carboxylic acids is 1. The minimum absolute atomic E-state index is 0.0949. The van der Waals surface area contributed by atoms with Gasteiger partial charge in [-0.2, -0.15) is 4.31 Å². The lowest BCUT2D eigenvalue weighted by molar-refractivity contribution is 0.0730. The Labute approximate surface area is 183 Å². The van der Waals surface area contributed by atoms with E-state index in [2.05, 4.69) is 5.32 Å². The van der Waals surface area contributed by atoms with Crippen molar-refractivity contribution >= 4 is 15.9 Å². The van der Waals surface area contributed by atoms with E-state index >= 15 is 0 Å². The summed E-state index contributed by atoms with van der Waals surface area (Å²) in [5.74, 6) is 0.853. The van der Waals surface area contributed by atoms with Crippen LogP contribution in [0, 0.1) is 0 Å². The molecule has 0 aliphatic carbocycles. The molecule has 1 amide bonds. The van der Waals surface area contributed by atoms with Crippen molar-refractivity contribution in [1.82, 2.24) is 9.62 Å². The Morgan fingerprint density at radius 3 is 2.58 bits per heavy atom. The molecule has 1 N–H and O–H groups in total. The number of rotatable bonds is 8. The van der Waals surface area contributed by atoms with Crippen LogP contribution in [0.15, 0.2) is 47.4 Å². The van der Waals surface area contributed by atoms with Crippen molar-refractivity contribution in [3.05, 3.63) is 53.6 Å². The highest BCUT2D eigenvalue weighted by molar-refractivity contribution is 7.89. The molecule has 2 aromatic carbocycles. The summed E-state index contributed by atoms with van der Waals surface area (Å²) < 4.78 is 43.3. The molecule has 0 spiro atoms. The fourth-order valence-corrected chi connectivity index (χ4v) is 4.78. The van der Waals surface area contributed by atoms with Gasteiger partial charge in [-0.3, -0.25) is 4.79 Å². The maximum Gasteiger partial charge on any atom is 0.251 e. The molecule has 1 heterocycles. The molecule has 0 radical (unpaired) electrons. The molecular formula is C22H28N2O6S. The molecule has 1 aliphatic rings. The van der Waals surface area contributed by atoms with E-state index < -0.39 is 10.0 Å². The number of methoxy groups -OCH3 is 1. The summed E-state index contributed by atoms with van der Waals surface area (Å²) in [6.45, 7) is 5.59. The van der Waals surface area contributed by atoms with E-state index in [-0.39, 0.29) is 22.4 Å². The maximum absolute atomic E-state index is 12.9. The Kier molecular flexibility index (Phi) is 7.53. The van der Waals surface area contributed by atoms with Crippen LogP contribution >= 0.6 is 0 Å². The largest absolute Gasteiger partial charge is 0.493 e. The highest BCUT2D eigenvalue weighted by Gasteiger charge is 2.27. The lowest BCUT2D eigenvalue weighted by atomic mass is 10.1. The van der Waals surface area contributed by atoms with Crippen molar-refractivity contribution < 1.29 is 27.4 Å². The molecule has 1 unspecified atom stereocenters. The first kappa shape index (κ1) is 23.1. The van der Waals surface area contributed by atoms with Gasteiger partial charge in [0.15, 0.2) is 11.5 Å². The Bertz CT molecular complexity index is 1020. The third-order valence-electron chi connectivity index (χ3n) is 5.04. The van der Waals surface area contributed by atoms with Gasteiger partial charge in [-0.05, 0) is 49.7 Å². The maximum atomic E-state index is 12.9. The van der Waals surface area contributed by atoms with Crippen LogP contribution in [0.2, 0.25) is 0 Å². The summed E-state index contributed by atoms with van der Waals surface area (Å²) in [7, 11) is -2.11. The van der Waals surface area contributed by atoms with E-state index in [0.717, 1.165) is 5.56 Å². The zero-order valence-corrected chi connectivity index (χ0v) is 18.8. The number of nitrogens with one attached hydrogen (secondary N) is 1. The number of benzene rings is 2. The van der Waals surface area contributed by atoms with Gasteiger partial charge < -0.3 is 19.5 Å². The van der Waals surface area contributed by atoms with Crippen LogP contribution in [0.25, 0.3) is 0 Å². The molecule has 2 aromatic rings. The fourth-order valence-electron chi connectivity index (χ4n) is 3.33. The van der Waals surface area contributed by atoms with Crippen LogP contribution < -0.4 is 14.8 Å². The van der Waals surface area contributed by atoms with Crippen molar-refractivity contribution in [2.24, 2.45) is 0 Å². The predicted molar refractivity (Wildman–Crippen MR) is 116 cm³/mol. The van der Waals surface area contributed by atoms with E-state index in [4.69, 9.17) is 14.2 Å². The van der Waals surface area contributed by atoms with Crippen molar-refractivity contribution in [2.75, 3.05) is 40.0 Å². The Morgan fingerprint density at radius 2 is 1.90 bits per heavy atom. The average molecular weight is 449 g/mol. The van der Waals surface area contributed by atoms with Crippen molar-refractivity contribution in [3.63, 3.8) is 0 Å². The number of amides is 1. The summed E-state index contributed by atoms with van der Waals surface area (Å²) in [4.78, 5) is 12.9. The van der Waals surface area contributed by atoms with Crippen LogP contribution in [0.1, 0.15) is 35.8 Å². The number of carbonyl (C=O) groups is 1. The number of sulfonamides is 1. The number of nitrogens with zero attached hydrogens (tertiary/aromatic N) is 1. The smallest absolute Gasteiger partial charge is 0.251 e. The lowest BCUT2D eigenvalue weighted by Gasteiger charge is -2.26. The van der Waals surface area contributed by atoms with Crippen LogP contribution in [0.5, 0.6) is 11.5 Å². The van der Waals surface area contributed by atoms with Gasteiger partial charge >= 0.3 is 0 Å². The van der Waals surface area contributed by atoms with Gasteiger partial charge in [-0.25, -0.2) is 8.42 Å². The predicted octanol–water partition coefficient (Wildman–Crippen LogP) is 2.61. The quantitative estimate of drug-likeness (QED) is 0.667. The number of morpholine rings is 1. The molecule has 1 saturated heterocycles. The second kappa shape index (κ2) is 10.1. The van der Waals surface area contributed by atoms with E-state index in [0.29, 0.717) is 44.4 Å². The van der Waals surface area contributed by atoms with Crippen molar-refractivity contribution in [1.29, 1.82) is 0 Å². The minimum Gasteiger partial charge on any atom is -0.493 e. The SMILES string of the molecule is CCOc1ccc(C(C)NC(=O)c2cccc(S(=O)(=O)N3CCOCC3)c2)cc1OC. The van der Waals surface area contributed by atoms with Crippen molar-refractivity contribution in [3.8, 4) is 11.5 Å². The van der Waals surface area contributed by atoms with E-state index in [1.165, 1.54) is 16.4 Å². The number of ether oxygens (including phenoxy) is 3. The number of hydrogen-bond donors (Lipinski definition) is 1. The summed E-state index contributed by atoms with van der Waals surface area (Å²) >= 11 is 0. The zero-order chi connectivity index (χ0) is 22.4. The van der Waals surface area contributed by atoms with Gasteiger partial charge in [-0.15, -0.1) is 0 Å². The summed E-state index contributed by atoms with van der Waals surface area (Å²) in [5, 5.41) is 2.91. The van der Waals surface area contributed by atoms with Gasteiger partial charge in [-0.1, -0.05) is 12.1 Å². The molecule has 8 nitrogen and oxygen atoms in total. The second-order valence-electron chi connectivity index (χ2n) is 7.08. The summed E-state index contributed by atoms with van der Waals surface area (Å²) in [5.41, 5.74) is 1.12. The topological polar surface area (TPSA) is 94.2 Å². The summed E-state index contributed by atoms with van der Waals surface area (Å²) in [6.07, 6.45) is 0. The average Bonchev–Trinajstić information content (AvgIpc) is 2.80. The van der Waals surface area contributed by atoms with Crippen LogP contribution in [-0.4, -0.2) is 58.7 Å². The van der Waals surface area contributed by atoms with E-state index in [1.54, 1.807) is 25.3 Å². The highest BCUT2D eigenvalue weighted by atomic mass is 32.2. The molecule has 0 saturated carbocycles. The standard InChI is InChI=1S/C22H28N2O6S/c1-4-30-20-9-8-17(15-21(20)28-3)16(2)23-22(25)18-6-5-7-19(14-18)31(26,27)24-10-12-29-13-11-24/h5-9,14-16H,4,10-13H2,1-3H3,(H,23,25). The Balaban J connectivity index is 1.75. The summed E-state index contributed by atoms with van der Waals surface area (Å²) in [6, 6.07) is 11.2. The molecule has 1 fully saturated rings. The van der Waals surface area contributed by atoms with E-state index in [1.807, 2.05) is 26.0 Å². The molecular weight excluding hydrogens is 420 g/mol. The molecule has 1 aliphatic heterocycles. The normalized spacial score (nSPS) is 15.8. The first-order valence-electron chi connectivity index (χ1n) is 10.2. The molecule has 168 valence electrons. The number of hydrogen-bond acceptors (Lipinski definition) is 6. The van der Waals surface area contributed by atoms with Crippen LogP contribution in [-0.2, 0) is 14.8 Å². The lowest BCUT2D eigenvalue weighted by Crippen LogP contribution is -2.40. The fraction of sp³-hybridized carbons (Fsp3) is 0.409. The minimum atomic E-state index is -3.68. The van der Waals surface area contributed by atoms with Gasteiger partial charge in [0, 0.05) is 18.7 Å². The molecule has 0 bridgehead atoms. The van der Waals surface area contributed by atoms with Gasteiger partial charge in [0.2, 0.25) is 10.0 Å². The zero-order valence-electron chi connectivity index (χ0n) is 18.0. The molecule has 3 rings (SSSR count). The van der Waals surface area contributed by atoms with Crippen LogP contribution in [0.4, 0.5) is 0 Å². The Morgan fingerprint density at radius 1 is 1.16 bits per heavy atom. The molecule has 31 heavy (non-hydrogen) atoms. The first-order valence-corrected chi connectivity index (χ1v) is 11.6. The second-order valence-corrected chi connectivity index (χ2v) is 9.02. The van der Waals surface area contributed by atoms with Crippen LogP contribution in [0.3, 0.4) is 0 Å². The van der Waals surface area contributed by atoms with E-state index in [9.17, 15) is 13.2 Å². The van der Waals surface area contributed by atoms with Crippen molar-refractivity contribution in [2.45, 2.75) is 24.8 Å². The first-order chi connectivity index (χ1) is 14.9. The van der Waals surface area contributed by atoms with Gasteiger partial charge in [0.05, 0.1) is 37.9 Å². The third kappa shape index (κ3) is 5.36. The van der Waals surface area contributed by atoms with Gasteiger partial charge in [0.1, 0.15) is 0 Å². The monoisotopic (exact) mass is 448 g/mol. The highest BCUT2D eigenvalue weighted by Crippen LogP contribution is 2.30. The Hall–Kier alpha value is -2.62. The molecule has 1 atom stereocenters. The third-order valence-corrected chi connectivity index (χ3v) is 6.93. The van der Waals surface area contributed by atoms with Gasteiger partial charge in [0.25, 0.3) is 5.91 Å². The molecule has 9 heteroatoms.